The molecule has 1 aromatic heterocycles. The third-order valence-corrected chi connectivity index (χ3v) is 4.80. The van der Waals surface area contributed by atoms with Gasteiger partial charge in [-0.25, -0.2) is 13.8 Å². The monoisotopic (exact) mass is 298 g/mol. The molecule has 2 aliphatic heterocycles. The van der Waals surface area contributed by atoms with E-state index in [0.29, 0.717) is 25.3 Å². The van der Waals surface area contributed by atoms with Crippen LogP contribution in [0.25, 0.3) is 10.2 Å². The molecule has 0 N–H and O–H groups in total. The van der Waals surface area contributed by atoms with Gasteiger partial charge in [0.05, 0.1) is 10.2 Å². The van der Waals surface area contributed by atoms with E-state index in [-0.39, 0.29) is 6.79 Å². The van der Waals surface area contributed by atoms with Crippen LogP contribution in [0.15, 0.2) is 12.1 Å². The van der Waals surface area contributed by atoms with Gasteiger partial charge in [0.15, 0.2) is 16.6 Å². The summed E-state index contributed by atoms with van der Waals surface area (Å²) in [6, 6.07) is 3.75. The van der Waals surface area contributed by atoms with Crippen LogP contribution in [0.5, 0.6) is 11.5 Å². The predicted molar refractivity (Wildman–Crippen MR) is 72.1 cm³/mol. The highest BCUT2D eigenvalue weighted by Gasteiger charge is 2.31. The maximum absolute atomic E-state index is 12.7. The molecule has 0 saturated carbocycles. The minimum absolute atomic E-state index is 0.238. The van der Waals surface area contributed by atoms with Gasteiger partial charge in [0.25, 0.3) is 0 Å². The number of hydrogen-bond donors (Lipinski definition) is 0. The van der Waals surface area contributed by atoms with Gasteiger partial charge >= 0.3 is 0 Å². The van der Waals surface area contributed by atoms with Gasteiger partial charge in [-0.2, -0.15) is 0 Å². The summed E-state index contributed by atoms with van der Waals surface area (Å²) in [5, 5.41) is 0.798. The Hall–Kier alpha value is -1.63. The molecule has 20 heavy (non-hydrogen) atoms. The molecule has 106 valence electrons. The summed E-state index contributed by atoms with van der Waals surface area (Å²) in [6.07, 6.45) is -1.73. The molecule has 0 bridgehead atoms. The Kier molecular flexibility index (Phi) is 2.70. The molecule has 4 rings (SSSR count). The van der Waals surface area contributed by atoms with E-state index < -0.39 is 12.3 Å². The van der Waals surface area contributed by atoms with Crippen molar-refractivity contribution in [3.05, 3.63) is 12.1 Å². The zero-order valence-corrected chi connectivity index (χ0v) is 11.3. The lowest BCUT2D eigenvalue weighted by atomic mass is 10.1. The van der Waals surface area contributed by atoms with Crippen molar-refractivity contribution >= 4 is 26.7 Å². The number of benzene rings is 1. The van der Waals surface area contributed by atoms with Crippen molar-refractivity contribution in [1.29, 1.82) is 0 Å². The van der Waals surface area contributed by atoms with Gasteiger partial charge in [-0.15, -0.1) is 0 Å². The van der Waals surface area contributed by atoms with Crippen molar-refractivity contribution in [3.8, 4) is 11.5 Å². The maximum Gasteiger partial charge on any atom is 0.243 e. The van der Waals surface area contributed by atoms with Crippen molar-refractivity contribution in [2.45, 2.75) is 12.8 Å². The smallest absolute Gasteiger partial charge is 0.243 e. The fraction of sp³-hybridized carbons (Fsp3) is 0.462. The summed E-state index contributed by atoms with van der Waals surface area (Å²) in [5.41, 5.74) is 0.828. The second kappa shape index (κ2) is 4.44. The molecule has 2 aromatic rings. The number of halogens is 2. The first-order valence-electron chi connectivity index (χ1n) is 6.44. The Morgan fingerprint density at radius 1 is 1.30 bits per heavy atom. The van der Waals surface area contributed by atoms with Crippen molar-refractivity contribution in [2.24, 2.45) is 5.92 Å². The van der Waals surface area contributed by atoms with Gasteiger partial charge in [-0.1, -0.05) is 11.3 Å². The minimum Gasteiger partial charge on any atom is -0.454 e. The van der Waals surface area contributed by atoms with E-state index in [1.165, 1.54) is 11.3 Å². The Morgan fingerprint density at radius 3 is 2.85 bits per heavy atom. The number of anilines is 1. The molecule has 0 radical (unpaired) electrons. The highest BCUT2D eigenvalue weighted by Crippen LogP contribution is 2.40. The Bertz CT molecular complexity index is 620. The number of alkyl halides is 2. The lowest BCUT2D eigenvalue weighted by Crippen LogP contribution is -2.21. The summed E-state index contributed by atoms with van der Waals surface area (Å²) in [4.78, 5) is 6.47. The molecule has 0 spiro atoms. The first-order chi connectivity index (χ1) is 9.70. The summed E-state index contributed by atoms with van der Waals surface area (Å²) < 4.78 is 37.1. The highest BCUT2D eigenvalue weighted by molar-refractivity contribution is 7.22. The van der Waals surface area contributed by atoms with Crippen LogP contribution in [0.2, 0.25) is 0 Å². The van der Waals surface area contributed by atoms with Gasteiger partial charge in [0.2, 0.25) is 13.2 Å². The van der Waals surface area contributed by atoms with Crippen molar-refractivity contribution in [3.63, 3.8) is 0 Å². The number of fused-ring (bicyclic) bond motifs is 2. The van der Waals surface area contributed by atoms with E-state index in [1.54, 1.807) is 0 Å². The van der Waals surface area contributed by atoms with E-state index in [4.69, 9.17) is 9.47 Å². The number of rotatable bonds is 2. The van der Waals surface area contributed by atoms with Crippen LogP contribution in [0.1, 0.15) is 6.42 Å². The number of aromatic nitrogens is 1. The molecule has 3 heterocycles. The van der Waals surface area contributed by atoms with Gasteiger partial charge in [-0.3, -0.25) is 0 Å². The average molecular weight is 298 g/mol. The van der Waals surface area contributed by atoms with Crippen LogP contribution in [-0.2, 0) is 0 Å². The molecule has 1 atom stereocenters. The summed E-state index contributed by atoms with van der Waals surface area (Å²) in [6.45, 7) is 1.26. The minimum atomic E-state index is -2.25. The summed E-state index contributed by atoms with van der Waals surface area (Å²) in [5.74, 6) is 0.875. The van der Waals surface area contributed by atoms with E-state index >= 15 is 0 Å². The zero-order valence-electron chi connectivity index (χ0n) is 10.5. The Balaban J connectivity index is 1.65. The van der Waals surface area contributed by atoms with Crippen LogP contribution in [-0.4, -0.2) is 31.3 Å². The third-order valence-electron chi connectivity index (χ3n) is 3.72. The largest absolute Gasteiger partial charge is 0.454 e. The molecule has 1 saturated heterocycles. The Labute approximate surface area is 117 Å². The first-order valence-corrected chi connectivity index (χ1v) is 7.25. The molecule has 4 nitrogen and oxygen atoms in total. The van der Waals surface area contributed by atoms with E-state index in [2.05, 4.69) is 4.98 Å². The molecule has 7 heteroatoms. The van der Waals surface area contributed by atoms with Crippen LogP contribution in [0.3, 0.4) is 0 Å². The van der Waals surface area contributed by atoms with E-state index in [0.717, 1.165) is 21.1 Å². The first kappa shape index (κ1) is 12.1. The maximum atomic E-state index is 12.7. The molecular formula is C13H12F2N2O2S. The summed E-state index contributed by atoms with van der Waals surface area (Å²) in [7, 11) is 0. The second-order valence-electron chi connectivity index (χ2n) is 5.00. The van der Waals surface area contributed by atoms with Crippen molar-refractivity contribution in [2.75, 3.05) is 24.8 Å². The van der Waals surface area contributed by atoms with Crippen LogP contribution in [0.4, 0.5) is 13.9 Å². The lowest BCUT2D eigenvalue weighted by molar-refractivity contribution is 0.0880. The topological polar surface area (TPSA) is 34.6 Å². The Morgan fingerprint density at radius 2 is 2.10 bits per heavy atom. The fourth-order valence-corrected chi connectivity index (χ4v) is 3.62. The quantitative estimate of drug-likeness (QED) is 0.853. The van der Waals surface area contributed by atoms with Crippen LogP contribution in [0, 0.1) is 5.92 Å². The fourth-order valence-electron chi connectivity index (χ4n) is 2.61. The lowest BCUT2D eigenvalue weighted by Gasteiger charge is -2.14. The molecular weight excluding hydrogens is 286 g/mol. The van der Waals surface area contributed by atoms with Gasteiger partial charge in [0.1, 0.15) is 0 Å². The standard InChI is InChI=1S/C13H12F2N2O2S/c14-12(15)7-1-2-17(5-7)13-16-8-3-9-10(19-6-18-9)4-11(8)20-13/h3-4,7,12H,1-2,5-6H2. The molecule has 2 aliphatic rings. The normalized spacial score (nSPS) is 21.4. The predicted octanol–water partition coefficient (Wildman–Crippen LogP) is 3.12. The molecule has 1 aromatic carbocycles. The van der Waals surface area contributed by atoms with Crippen LogP contribution >= 0.6 is 11.3 Å². The van der Waals surface area contributed by atoms with Gasteiger partial charge < -0.3 is 14.4 Å². The second-order valence-corrected chi connectivity index (χ2v) is 6.01. The van der Waals surface area contributed by atoms with Gasteiger partial charge in [0, 0.05) is 31.1 Å². The molecule has 0 amide bonds. The number of hydrogen-bond acceptors (Lipinski definition) is 5. The number of thiazole rings is 1. The molecule has 0 aliphatic carbocycles. The molecule has 1 unspecified atom stereocenters. The third kappa shape index (κ3) is 1.88. The van der Waals surface area contributed by atoms with E-state index in [9.17, 15) is 8.78 Å². The SMILES string of the molecule is FC(F)C1CCN(c2nc3cc4c(cc3s2)OCO4)C1. The number of nitrogens with zero attached hydrogens (tertiary/aromatic N) is 2. The van der Waals surface area contributed by atoms with Crippen molar-refractivity contribution < 1.29 is 18.3 Å². The summed E-state index contributed by atoms with van der Waals surface area (Å²) >= 11 is 1.51. The average Bonchev–Trinajstić information content (AvgIpc) is 3.13. The van der Waals surface area contributed by atoms with Gasteiger partial charge in [-0.05, 0) is 6.42 Å². The van der Waals surface area contributed by atoms with E-state index in [1.807, 2.05) is 17.0 Å². The number of ether oxygens (including phenoxy) is 2. The zero-order chi connectivity index (χ0) is 13.7. The van der Waals surface area contributed by atoms with Crippen LogP contribution < -0.4 is 14.4 Å². The molecule has 1 fully saturated rings. The highest BCUT2D eigenvalue weighted by atomic mass is 32.1. The van der Waals surface area contributed by atoms with Crippen molar-refractivity contribution in [1.82, 2.24) is 4.98 Å².